The van der Waals surface area contributed by atoms with E-state index in [9.17, 15) is 23.2 Å². The Bertz CT molecular complexity index is 1440. The standard InChI is InChI=1S/C23H19ClF3N7O3/c24-18-6-1-14(11-17(18)23(25,26)27)31-22(35)34(36)16-4-2-15(3-5-16)33-13-30-19-20(28-12-29-21(19)33)32-7-9-37-10-8-32/h1-6,11-13,36H,7-10H2,(H,31,35). The minimum absolute atomic E-state index is 0.0827. The second kappa shape index (κ2) is 9.84. The number of hydroxylamine groups is 1. The van der Waals surface area contributed by atoms with E-state index >= 15 is 0 Å². The van der Waals surface area contributed by atoms with E-state index in [0.717, 1.165) is 6.07 Å². The summed E-state index contributed by atoms with van der Waals surface area (Å²) in [6, 6.07) is 8.04. The monoisotopic (exact) mass is 533 g/mol. The molecular weight excluding hydrogens is 515 g/mol. The molecule has 5 rings (SSSR count). The molecule has 2 amide bonds. The Hall–Kier alpha value is -3.94. The van der Waals surface area contributed by atoms with E-state index in [-0.39, 0.29) is 16.4 Å². The van der Waals surface area contributed by atoms with Gasteiger partial charge in [-0.1, -0.05) is 11.6 Å². The van der Waals surface area contributed by atoms with Gasteiger partial charge in [0.05, 0.1) is 29.5 Å². The smallest absolute Gasteiger partial charge is 0.378 e. The van der Waals surface area contributed by atoms with Gasteiger partial charge in [-0.2, -0.15) is 18.2 Å². The van der Waals surface area contributed by atoms with Crippen LogP contribution in [0.5, 0.6) is 0 Å². The third-order valence-electron chi connectivity index (χ3n) is 5.71. The number of amides is 2. The molecule has 0 spiro atoms. The Morgan fingerprint density at radius 2 is 1.81 bits per heavy atom. The Labute approximate surface area is 212 Å². The summed E-state index contributed by atoms with van der Waals surface area (Å²) in [5.41, 5.74) is 0.648. The van der Waals surface area contributed by atoms with Gasteiger partial charge in [0.2, 0.25) is 0 Å². The zero-order chi connectivity index (χ0) is 26.2. The molecular formula is C23H19ClF3N7O3. The Morgan fingerprint density at radius 1 is 1.08 bits per heavy atom. The van der Waals surface area contributed by atoms with Crippen molar-refractivity contribution in [2.24, 2.45) is 0 Å². The number of hydrogen-bond donors (Lipinski definition) is 2. The number of ether oxygens (including phenoxy) is 1. The van der Waals surface area contributed by atoms with Crippen molar-refractivity contribution in [2.75, 3.05) is 41.6 Å². The van der Waals surface area contributed by atoms with Crippen molar-refractivity contribution in [3.8, 4) is 5.69 Å². The van der Waals surface area contributed by atoms with Crippen LogP contribution in [0.15, 0.2) is 55.1 Å². The first-order valence-corrected chi connectivity index (χ1v) is 11.4. The van der Waals surface area contributed by atoms with Crippen LogP contribution in [-0.4, -0.2) is 57.1 Å². The van der Waals surface area contributed by atoms with Crippen LogP contribution in [0, 0.1) is 0 Å². The summed E-state index contributed by atoms with van der Waals surface area (Å²) in [6.07, 6.45) is -1.64. The number of morpholine rings is 1. The number of carbonyl (C=O) groups excluding carboxylic acids is 1. The molecule has 0 aliphatic carbocycles. The van der Waals surface area contributed by atoms with Crippen molar-refractivity contribution in [2.45, 2.75) is 6.18 Å². The van der Waals surface area contributed by atoms with Crippen molar-refractivity contribution in [1.29, 1.82) is 0 Å². The fourth-order valence-electron chi connectivity index (χ4n) is 3.89. The van der Waals surface area contributed by atoms with Crippen LogP contribution in [0.2, 0.25) is 5.02 Å². The van der Waals surface area contributed by atoms with E-state index in [1.165, 1.54) is 24.5 Å². The molecule has 2 N–H and O–H groups in total. The predicted molar refractivity (Wildman–Crippen MR) is 129 cm³/mol. The molecule has 10 nitrogen and oxygen atoms in total. The molecule has 0 bridgehead atoms. The van der Waals surface area contributed by atoms with Gasteiger partial charge in [0.25, 0.3) is 0 Å². The van der Waals surface area contributed by atoms with Gasteiger partial charge in [0.15, 0.2) is 17.0 Å². The molecule has 0 atom stereocenters. The van der Waals surface area contributed by atoms with Crippen LogP contribution in [0.4, 0.5) is 35.2 Å². The zero-order valence-corrected chi connectivity index (χ0v) is 19.7. The van der Waals surface area contributed by atoms with Gasteiger partial charge in [-0.3, -0.25) is 9.77 Å². The second-order valence-corrected chi connectivity index (χ2v) is 8.44. The van der Waals surface area contributed by atoms with Gasteiger partial charge in [0.1, 0.15) is 12.7 Å². The molecule has 0 radical (unpaired) electrons. The highest BCUT2D eigenvalue weighted by Gasteiger charge is 2.33. The lowest BCUT2D eigenvalue weighted by atomic mass is 10.2. The van der Waals surface area contributed by atoms with E-state index in [4.69, 9.17) is 16.3 Å². The Kier molecular flexibility index (Phi) is 6.58. The predicted octanol–water partition coefficient (Wildman–Crippen LogP) is 4.75. The quantitative estimate of drug-likeness (QED) is 0.288. The Morgan fingerprint density at radius 3 is 2.51 bits per heavy atom. The van der Waals surface area contributed by atoms with E-state index < -0.39 is 22.8 Å². The number of urea groups is 1. The summed E-state index contributed by atoms with van der Waals surface area (Å²) in [5, 5.41) is 12.3. The molecule has 0 saturated carbocycles. The number of nitrogens with zero attached hydrogens (tertiary/aromatic N) is 6. The van der Waals surface area contributed by atoms with Crippen molar-refractivity contribution in [3.63, 3.8) is 0 Å². The largest absolute Gasteiger partial charge is 0.417 e. The summed E-state index contributed by atoms with van der Waals surface area (Å²) in [7, 11) is 0. The van der Waals surface area contributed by atoms with Crippen molar-refractivity contribution in [3.05, 3.63) is 65.7 Å². The highest BCUT2D eigenvalue weighted by molar-refractivity contribution is 6.31. The van der Waals surface area contributed by atoms with Crippen LogP contribution >= 0.6 is 11.6 Å². The fraction of sp³-hybridized carbons (Fsp3) is 0.217. The lowest BCUT2D eigenvalue weighted by molar-refractivity contribution is -0.137. The summed E-state index contributed by atoms with van der Waals surface area (Å²) >= 11 is 5.60. The first-order valence-electron chi connectivity index (χ1n) is 11.0. The SMILES string of the molecule is O=C(Nc1ccc(Cl)c(C(F)(F)F)c1)N(O)c1ccc(-n2cnc3c(N4CCOCC4)ncnc32)cc1. The molecule has 1 fully saturated rings. The highest BCUT2D eigenvalue weighted by Crippen LogP contribution is 2.36. The summed E-state index contributed by atoms with van der Waals surface area (Å²) < 4.78 is 46.4. The minimum Gasteiger partial charge on any atom is -0.378 e. The highest BCUT2D eigenvalue weighted by atomic mass is 35.5. The normalized spacial score (nSPS) is 14.1. The number of carbonyl (C=O) groups is 1. The van der Waals surface area contributed by atoms with Crippen molar-refractivity contribution >= 4 is 46.0 Å². The molecule has 1 saturated heterocycles. The summed E-state index contributed by atoms with van der Waals surface area (Å²) in [4.78, 5) is 27.7. The average molecular weight is 534 g/mol. The molecule has 14 heteroatoms. The molecule has 3 heterocycles. The zero-order valence-electron chi connectivity index (χ0n) is 19.0. The van der Waals surface area contributed by atoms with Gasteiger partial charge >= 0.3 is 12.2 Å². The molecule has 0 unspecified atom stereocenters. The van der Waals surface area contributed by atoms with Gasteiger partial charge in [-0.05, 0) is 42.5 Å². The van der Waals surface area contributed by atoms with E-state index in [1.54, 1.807) is 23.0 Å². The van der Waals surface area contributed by atoms with Gasteiger partial charge in [-0.25, -0.2) is 19.7 Å². The number of hydrogen-bond acceptors (Lipinski definition) is 7. The van der Waals surface area contributed by atoms with Crippen LogP contribution in [-0.2, 0) is 10.9 Å². The number of benzene rings is 2. The third-order valence-corrected chi connectivity index (χ3v) is 6.04. The fourth-order valence-corrected chi connectivity index (χ4v) is 4.11. The number of anilines is 3. The Balaban J connectivity index is 1.34. The van der Waals surface area contributed by atoms with Crippen molar-refractivity contribution < 1.29 is 27.9 Å². The third kappa shape index (κ3) is 5.01. The van der Waals surface area contributed by atoms with Gasteiger partial charge in [-0.15, -0.1) is 0 Å². The van der Waals surface area contributed by atoms with Crippen LogP contribution in [0.3, 0.4) is 0 Å². The maximum absolute atomic E-state index is 13.1. The van der Waals surface area contributed by atoms with E-state index in [0.29, 0.717) is 55.0 Å². The number of rotatable bonds is 4. The second-order valence-electron chi connectivity index (χ2n) is 8.03. The molecule has 192 valence electrons. The number of fused-ring (bicyclic) bond motifs is 1. The minimum atomic E-state index is -4.70. The van der Waals surface area contributed by atoms with Gasteiger partial charge < -0.3 is 15.0 Å². The van der Waals surface area contributed by atoms with E-state index in [2.05, 4.69) is 25.2 Å². The van der Waals surface area contributed by atoms with Crippen molar-refractivity contribution in [1.82, 2.24) is 19.5 Å². The average Bonchev–Trinajstić information content (AvgIpc) is 3.33. The lowest BCUT2D eigenvalue weighted by Crippen LogP contribution is -2.36. The lowest BCUT2D eigenvalue weighted by Gasteiger charge is -2.27. The molecule has 4 aromatic rings. The summed E-state index contributed by atoms with van der Waals surface area (Å²) in [6.45, 7) is 2.58. The molecule has 2 aromatic carbocycles. The first-order chi connectivity index (χ1) is 17.7. The van der Waals surface area contributed by atoms with Crippen LogP contribution in [0.1, 0.15) is 5.56 Å². The van der Waals surface area contributed by atoms with Crippen LogP contribution < -0.4 is 15.3 Å². The first kappa shape index (κ1) is 24.7. The molecule has 37 heavy (non-hydrogen) atoms. The topological polar surface area (TPSA) is 109 Å². The maximum Gasteiger partial charge on any atom is 0.417 e. The van der Waals surface area contributed by atoms with Crippen LogP contribution in [0.25, 0.3) is 16.9 Å². The number of alkyl halides is 3. The molecule has 2 aromatic heterocycles. The molecule has 1 aliphatic heterocycles. The number of imidazole rings is 1. The number of aromatic nitrogens is 4. The maximum atomic E-state index is 13.1. The van der Waals surface area contributed by atoms with E-state index in [1.807, 2.05) is 0 Å². The number of nitrogens with one attached hydrogen (secondary N) is 1. The summed E-state index contributed by atoms with van der Waals surface area (Å²) in [5.74, 6) is 0.706. The number of halogens is 4. The molecule has 1 aliphatic rings. The van der Waals surface area contributed by atoms with Gasteiger partial charge in [0, 0.05) is 24.5 Å².